The van der Waals surface area contributed by atoms with Gasteiger partial charge in [-0.25, -0.2) is 14.8 Å². The number of imidazole rings is 1. The number of hydrogen-bond acceptors (Lipinski definition) is 5. The number of aromatic nitrogens is 3. The summed E-state index contributed by atoms with van der Waals surface area (Å²) in [5.74, 6) is 1.45. The number of aromatic amines is 1. The molecule has 0 aliphatic rings. The minimum atomic E-state index is -0.333. The molecule has 2 heterocycles. The van der Waals surface area contributed by atoms with E-state index in [4.69, 9.17) is 9.72 Å². The van der Waals surface area contributed by atoms with Gasteiger partial charge in [0.05, 0.1) is 22.9 Å². The number of nitrogens with one attached hydrogen (secondary N) is 1. The van der Waals surface area contributed by atoms with Crippen LogP contribution in [0.3, 0.4) is 0 Å². The molecule has 5 nitrogen and oxygen atoms in total. The summed E-state index contributed by atoms with van der Waals surface area (Å²) in [6.07, 6.45) is 5.92. The number of H-pyrrole nitrogens is 1. The van der Waals surface area contributed by atoms with Crippen LogP contribution in [0.25, 0.3) is 20.8 Å². The molecule has 1 atom stereocenters. The summed E-state index contributed by atoms with van der Waals surface area (Å²) in [5.41, 5.74) is 3.78. The molecule has 4 rings (SSSR count). The molecule has 4 aromatic rings. The van der Waals surface area contributed by atoms with E-state index in [-0.39, 0.29) is 11.9 Å². The average Bonchev–Trinajstić information content (AvgIpc) is 3.46. The first-order chi connectivity index (χ1) is 14.6. The standard InChI is InChI=1S/C24H25N3O2S/c1-4-15(5-2)21(22-25-12-13-26-22)18-10-11-19-20(14-18)30-23(27-19)16-6-8-17(9-7-16)24(28)29-3/h6-15,21H,4-5H2,1-3H3,(H,25,26). The van der Waals surface area contributed by atoms with Gasteiger partial charge in [0.15, 0.2) is 0 Å². The van der Waals surface area contributed by atoms with Crippen molar-refractivity contribution in [2.75, 3.05) is 7.11 Å². The van der Waals surface area contributed by atoms with Crippen molar-refractivity contribution in [3.05, 3.63) is 71.8 Å². The second-order valence-corrected chi connectivity index (χ2v) is 8.37. The lowest BCUT2D eigenvalue weighted by molar-refractivity contribution is 0.0601. The predicted molar refractivity (Wildman–Crippen MR) is 121 cm³/mol. The fourth-order valence-electron chi connectivity index (χ4n) is 3.99. The number of rotatable bonds is 7. The number of ether oxygens (including phenoxy) is 1. The van der Waals surface area contributed by atoms with Crippen molar-refractivity contribution in [3.63, 3.8) is 0 Å². The fourth-order valence-corrected chi connectivity index (χ4v) is 5.01. The predicted octanol–water partition coefficient (Wildman–Crippen LogP) is 6.04. The van der Waals surface area contributed by atoms with Crippen molar-refractivity contribution in [1.82, 2.24) is 15.0 Å². The normalized spacial score (nSPS) is 12.4. The molecule has 0 amide bonds. The molecular weight excluding hydrogens is 394 g/mol. The Hall–Kier alpha value is -2.99. The summed E-state index contributed by atoms with van der Waals surface area (Å²) in [4.78, 5) is 24.4. The second-order valence-electron chi connectivity index (χ2n) is 7.34. The van der Waals surface area contributed by atoms with Crippen LogP contribution in [0.15, 0.2) is 54.9 Å². The van der Waals surface area contributed by atoms with Crippen molar-refractivity contribution >= 4 is 27.5 Å². The number of methoxy groups -OCH3 is 1. The van der Waals surface area contributed by atoms with Crippen LogP contribution in [0.2, 0.25) is 0 Å². The van der Waals surface area contributed by atoms with Crippen LogP contribution >= 0.6 is 11.3 Å². The molecule has 1 N–H and O–H groups in total. The molecule has 154 valence electrons. The van der Waals surface area contributed by atoms with Gasteiger partial charge in [0.25, 0.3) is 0 Å². The third kappa shape index (κ3) is 3.87. The van der Waals surface area contributed by atoms with Gasteiger partial charge in [-0.15, -0.1) is 11.3 Å². The maximum absolute atomic E-state index is 11.7. The summed E-state index contributed by atoms with van der Waals surface area (Å²) in [6.45, 7) is 4.48. The molecule has 0 radical (unpaired) electrons. The Morgan fingerprint density at radius 3 is 2.53 bits per heavy atom. The Bertz CT molecular complexity index is 1130. The van der Waals surface area contributed by atoms with Gasteiger partial charge < -0.3 is 9.72 Å². The summed E-state index contributed by atoms with van der Waals surface area (Å²) < 4.78 is 5.93. The van der Waals surface area contributed by atoms with E-state index in [9.17, 15) is 4.79 Å². The molecule has 6 heteroatoms. The summed E-state index contributed by atoms with van der Waals surface area (Å²) in [5, 5.41) is 0.940. The van der Waals surface area contributed by atoms with Crippen LogP contribution in [0.4, 0.5) is 0 Å². The Balaban J connectivity index is 1.70. The monoisotopic (exact) mass is 419 g/mol. The smallest absolute Gasteiger partial charge is 0.337 e. The van der Waals surface area contributed by atoms with Crippen LogP contribution < -0.4 is 0 Å². The summed E-state index contributed by atoms with van der Waals surface area (Å²) >= 11 is 1.67. The second kappa shape index (κ2) is 8.79. The van der Waals surface area contributed by atoms with Crippen molar-refractivity contribution in [3.8, 4) is 10.6 Å². The van der Waals surface area contributed by atoms with Gasteiger partial charge in [-0.05, 0) is 35.7 Å². The molecule has 0 aliphatic heterocycles. The van der Waals surface area contributed by atoms with Crippen LogP contribution in [-0.4, -0.2) is 28.0 Å². The number of thiazole rings is 1. The number of carbonyl (C=O) groups is 1. The van der Waals surface area contributed by atoms with Gasteiger partial charge in [0, 0.05) is 23.9 Å². The summed E-state index contributed by atoms with van der Waals surface area (Å²) in [6, 6.07) is 13.9. The highest BCUT2D eigenvalue weighted by Gasteiger charge is 2.25. The van der Waals surface area contributed by atoms with E-state index in [0.717, 1.165) is 39.5 Å². The van der Waals surface area contributed by atoms with Gasteiger partial charge >= 0.3 is 5.97 Å². The van der Waals surface area contributed by atoms with Crippen LogP contribution in [0.5, 0.6) is 0 Å². The lowest BCUT2D eigenvalue weighted by atomic mass is 9.82. The quantitative estimate of drug-likeness (QED) is 0.371. The first kappa shape index (κ1) is 20.3. The number of benzene rings is 2. The molecule has 0 spiro atoms. The third-order valence-electron chi connectivity index (χ3n) is 5.66. The van der Waals surface area contributed by atoms with Crippen molar-refractivity contribution in [1.29, 1.82) is 0 Å². The van der Waals surface area contributed by atoms with Crippen molar-refractivity contribution < 1.29 is 9.53 Å². The number of hydrogen-bond donors (Lipinski definition) is 1. The van der Waals surface area contributed by atoms with Gasteiger partial charge in [0.1, 0.15) is 10.8 Å². The zero-order chi connectivity index (χ0) is 21.1. The number of fused-ring (bicyclic) bond motifs is 1. The largest absolute Gasteiger partial charge is 0.465 e. The Morgan fingerprint density at radius 1 is 1.13 bits per heavy atom. The van der Waals surface area contributed by atoms with E-state index in [1.165, 1.54) is 12.7 Å². The highest BCUT2D eigenvalue weighted by Crippen LogP contribution is 2.37. The van der Waals surface area contributed by atoms with E-state index in [1.807, 2.05) is 24.5 Å². The molecule has 2 aromatic heterocycles. The fraction of sp³-hybridized carbons (Fsp3) is 0.292. The topological polar surface area (TPSA) is 67.9 Å². The minimum Gasteiger partial charge on any atom is -0.465 e. The Labute approximate surface area is 180 Å². The van der Waals surface area contributed by atoms with Gasteiger partial charge in [-0.2, -0.15) is 0 Å². The lowest BCUT2D eigenvalue weighted by Gasteiger charge is -2.24. The van der Waals surface area contributed by atoms with Gasteiger partial charge in [-0.1, -0.05) is 44.9 Å². The van der Waals surface area contributed by atoms with E-state index in [1.54, 1.807) is 23.5 Å². The van der Waals surface area contributed by atoms with Crippen molar-refractivity contribution in [2.45, 2.75) is 32.6 Å². The lowest BCUT2D eigenvalue weighted by Crippen LogP contribution is -2.14. The first-order valence-corrected chi connectivity index (χ1v) is 11.0. The van der Waals surface area contributed by atoms with Crippen LogP contribution in [-0.2, 0) is 4.74 Å². The van der Waals surface area contributed by atoms with E-state index in [2.05, 4.69) is 42.0 Å². The van der Waals surface area contributed by atoms with E-state index in [0.29, 0.717) is 11.5 Å². The zero-order valence-electron chi connectivity index (χ0n) is 17.4. The average molecular weight is 420 g/mol. The molecule has 0 aliphatic carbocycles. The minimum absolute atomic E-state index is 0.240. The molecule has 0 bridgehead atoms. The third-order valence-corrected chi connectivity index (χ3v) is 6.73. The first-order valence-electron chi connectivity index (χ1n) is 10.2. The van der Waals surface area contributed by atoms with Crippen LogP contribution in [0.1, 0.15) is 54.4 Å². The zero-order valence-corrected chi connectivity index (χ0v) is 18.2. The van der Waals surface area contributed by atoms with Crippen molar-refractivity contribution in [2.24, 2.45) is 5.92 Å². The molecule has 1 unspecified atom stereocenters. The summed E-state index contributed by atoms with van der Waals surface area (Å²) in [7, 11) is 1.39. The highest BCUT2D eigenvalue weighted by atomic mass is 32.1. The van der Waals surface area contributed by atoms with Gasteiger partial charge in [0.2, 0.25) is 0 Å². The highest BCUT2D eigenvalue weighted by molar-refractivity contribution is 7.21. The Kier molecular flexibility index (Phi) is 5.95. The van der Waals surface area contributed by atoms with E-state index < -0.39 is 0 Å². The molecule has 0 saturated heterocycles. The maximum atomic E-state index is 11.7. The maximum Gasteiger partial charge on any atom is 0.337 e. The molecule has 0 saturated carbocycles. The van der Waals surface area contributed by atoms with Gasteiger partial charge in [-0.3, -0.25) is 0 Å². The molecule has 2 aromatic carbocycles. The molecular formula is C24H25N3O2S. The molecule has 30 heavy (non-hydrogen) atoms. The molecule has 0 fully saturated rings. The number of nitrogens with zero attached hydrogens (tertiary/aromatic N) is 2. The van der Waals surface area contributed by atoms with E-state index >= 15 is 0 Å². The Morgan fingerprint density at radius 2 is 1.90 bits per heavy atom. The number of carbonyl (C=O) groups excluding carboxylic acids is 1. The number of esters is 1. The van der Waals surface area contributed by atoms with Crippen LogP contribution in [0, 0.1) is 5.92 Å². The SMILES string of the molecule is CCC(CC)C(c1ccc2nc(-c3ccc(C(=O)OC)cc3)sc2c1)c1ncc[nH]1.